The molecule has 0 saturated heterocycles. The molecule has 6 aromatic rings. The van der Waals surface area contributed by atoms with E-state index in [4.69, 9.17) is 4.42 Å². The average molecular weight is 536 g/mol. The van der Waals surface area contributed by atoms with Gasteiger partial charge >= 0.3 is 0 Å². The van der Waals surface area contributed by atoms with Gasteiger partial charge in [-0.1, -0.05) is 29.8 Å². The quantitative estimate of drug-likeness (QED) is 0.284. The van der Waals surface area contributed by atoms with Gasteiger partial charge in [-0.05, 0) is 82.4 Å². The van der Waals surface area contributed by atoms with Crippen LogP contribution < -0.4 is 5.56 Å². The molecule has 4 aromatic heterocycles. The Morgan fingerprint density at radius 2 is 1.90 bits per heavy atom. The molecular formula is C30H26FN7O2. The predicted octanol–water partition coefficient (Wildman–Crippen LogP) is 4.79. The smallest absolute Gasteiger partial charge is 0.253 e. The number of nitrogens with zero attached hydrogens (tertiary/aromatic N) is 6. The largest absolute Gasteiger partial charge is 0.468 e. The Morgan fingerprint density at radius 3 is 2.67 bits per heavy atom. The number of benzene rings is 2. The average Bonchev–Trinajstić information content (AvgIpc) is 3.64. The normalized spacial score (nSPS) is 12.3. The molecule has 4 heterocycles. The number of hydrogen-bond donors (Lipinski definition) is 1. The minimum absolute atomic E-state index is 0.242. The van der Waals surface area contributed by atoms with Gasteiger partial charge in [-0.15, -0.1) is 5.10 Å². The Kier molecular flexibility index (Phi) is 6.98. The second-order valence-corrected chi connectivity index (χ2v) is 9.71. The van der Waals surface area contributed by atoms with Crippen LogP contribution in [-0.4, -0.2) is 35.1 Å². The lowest BCUT2D eigenvalue weighted by Crippen LogP contribution is -2.35. The van der Waals surface area contributed by atoms with Gasteiger partial charge in [0.25, 0.3) is 5.56 Å². The fourth-order valence-corrected chi connectivity index (χ4v) is 4.90. The second kappa shape index (κ2) is 11.0. The van der Waals surface area contributed by atoms with Gasteiger partial charge in [0.15, 0.2) is 5.82 Å². The van der Waals surface area contributed by atoms with Crippen molar-refractivity contribution in [2.75, 3.05) is 0 Å². The van der Waals surface area contributed by atoms with Crippen molar-refractivity contribution in [1.29, 1.82) is 0 Å². The van der Waals surface area contributed by atoms with Gasteiger partial charge in [0.2, 0.25) is 0 Å². The van der Waals surface area contributed by atoms with Crippen molar-refractivity contribution in [2.24, 2.45) is 0 Å². The molecule has 1 atom stereocenters. The number of furan rings is 1. The lowest BCUT2D eigenvalue weighted by atomic mass is 10.0. The first-order valence-electron chi connectivity index (χ1n) is 12.8. The van der Waals surface area contributed by atoms with E-state index in [0.29, 0.717) is 31.0 Å². The van der Waals surface area contributed by atoms with Gasteiger partial charge in [0.1, 0.15) is 17.6 Å². The molecule has 0 fully saturated rings. The molecule has 1 N–H and O–H groups in total. The molecule has 1 unspecified atom stereocenters. The van der Waals surface area contributed by atoms with Crippen LogP contribution in [0, 0.1) is 12.7 Å². The highest BCUT2D eigenvalue weighted by Gasteiger charge is 2.31. The molecule has 0 aliphatic carbocycles. The zero-order valence-corrected chi connectivity index (χ0v) is 21.7. The zero-order valence-electron chi connectivity index (χ0n) is 21.7. The minimum atomic E-state index is -0.658. The van der Waals surface area contributed by atoms with Crippen molar-refractivity contribution in [3.05, 3.63) is 141 Å². The molecule has 0 radical (unpaired) electrons. The molecule has 200 valence electrons. The number of nitrogens with one attached hydrogen (secondary N) is 1. The van der Waals surface area contributed by atoms with Crippen LogP contribution in [0.15, 0.2) is 101 Å². The number of halogens is 1. The van der Waals surface area contributed by atoms with Crippen LogP contribution in [-0.2, 0) is 19.6 Å². The number of pyridine rings is 2. The number of aryl methyl sites for hydroxylation is 1. The summed E-state index contributed by atoms with van der Waals surface area (Å²) in [6.07, 6.45) is 5.13. The van der Waals surface area contributed by atoms with Crippen molar-refractivity contribution in [3.8, 4) is 0 Å². The lowest BCUT2D eigenvalue weighted by Gasteiger charge is -2.30. The molecule has 0 spiro atoms. The van der Waals surface area contributed by atoms with E-state index in [1.165, 1.54) is 12.1 Å². The topological polar surface area (TPSA) is 106 Å². The van der Waals surface area contributed by atoms with Crippen LogP contribution in [0.2, 0.25) is 0 Å². The molecular weight excluding hydrogens is 509 g/mol. The molecule has 9 nitrogen and oxygen atoms in total. The van der Waals surface area contributed by atoms with E-state index in [1.54, 1.807) is 35.5 Å². The SMILES string of the molecule is Cc1ccc2[nH]c(=O)c(C(c3nnnn3Cc3ccc(F)cc3)N(Cc3cccnc3)Cc3ccco3)cc2c1. The maximum absolute atomic E-state index is 13.7. The third-order valence-electron chi connectivity index (χ3n) is 6.79. The molecule has 0 saturated carbocycles. The highest BCUT2D eigenvalue weighted by molar-refractivity contribution is 5.79. The molecule has 10 heteroatoms. The molecule has 0 amide bonds. The van der Waals surface area contributed by atoms with E-state index < -0.39 is 6.04 Å². The summed E-state index contributed by atoms with van der Waals surface area (Å²) in [7, 11) is 0. The highest BCUT2D eigenvalue weighted by Crippen LogP contribution is 2.30. The summed E-state index contributed by atoms with van der Waals surface area (Å²) in [5.74, 6) is 0.870. The van der Waals surface area contributed by atoms with Gasteiger partial charge in [-0.25, -0.2) is 9.07 Å². The number of aromatic amines is 1. The van der Waals surface area contributed by atoms with Crippen LogP contribution >= 0.6 is 0 Å². The number of rotatable bonds is 9. The molecule has 0 aliphatic heterocycles. The Labute approximate surface area is 228 Å². The minimum Gasteiger partial charge on any atom is -0.468 e. The van der Waals surface area contributed by atoms with Crippen LogP contribution in [0.3, 0.4) is 0 Å². The summed E-state index contributed by atoms with van der Waals surface area (Å²) in [4.78, 5) is 23.1. The van der Waals surface area contributed by atoms with Crippen molar-refractivity contribution < 1.29 is 8.81 Å². The first-order valence-corrected chi connectivity index (χ1v) is 12.8. The second-order valence-electron chi connectivity index (χ2n) is 9.71. The summed E-state index contributed by atoms with van der Waals surface area (Å²) in [6, 6.07) is 20.9. The zero-order chi connectivity index (χ0) is 27.5. The summed E-state index contributed by atoms with van der Waals surface area (Å²) in [5, 5.41) is 13.6. The van der Waals surface area contributed by atoms with Crippen LogP contribution in [0.1, 0.15) is 39.9 Å². The van der Waals surface area contributed by atoms with Gasteiger partial charge in [0.05, 0.1) is 19.4 Å². The first-order chi connectivity index (χ1) is 19.5. The monoisotopic (exact) mass is 535 g/mol. The highest BCUT2D eigenvalue weighted by atomic mass is 19.1. The standard InChI is InChI=1S/C30H26FN7O2/c1-20-6-11-27-23(14-20)15-26(30(39)33-27)28(29-34-35-36-38(29)18-21-7-9-24(31)10-8-21)37(19-25-5-3-13-40-25)17-22-4-2-12-32-16-22/h2-16,28H,17-19H2,1H3,(H,33,39). The number of hydrogen-bond acceptors (Lipinski definition) is 7. The molecule has 0 aliphatic rings. The van der Waals surface area contributed by atoms with Crippen molar-refractivity contribution >= 4 is 10.9 Å². The fourth-order valence-electron chi connectivity index (χ4n) is 4.90. The number of fused-ring (bicyclic) bond motifs is 1. The Balaban J connectivity index is 1.52. The first kappa shape index (κ1) is 25.3. The van der Waals surface area contributed by atoms with Crippen LogP contribution in [0.4, 0.5) is 4.39 Å². The van der Waals surface area contributed by atoms with Crippen molar-refractivity contribution in [1.82, 2.24) is 35.1 Å². The van der Waals surface area contributed by atoms with E-state index >= 15 is 0 Å². The third-order valence-corrected chi connectivity index (χ3v) is 6.79. The van der Waals surface area contributed by atoms with E-state index in [1.807, 2.05) is 55.5 Å². The molecule has 0 bridgehead atoms. The van der Waals surface area contributed by atoms with Crippen LogP contribution in [0.5, 0.6) is 0 Å². The fraction of sp³-hybridized carbons (Fsp3) is 0.167. The molecule has 40 heavy (non-hydrogen) atoms. The summed E-state index contributed by atoms with van der Waals surface area (Å²) in [6.45, 7) is 3.12. The van der Waals surface area contributed by atoms with E-state index in [0.717, 1.165) is 33.4 Å². The maximum atomic E-state index is 13.7. The number of aromatic nitrogens is 6. The lowest BCUT2D eigenvalue weighted by molar-refractivity contribution is 0.179. The van der Waals surface area contributed by atoms with Gasteiger partial charge in [-0.2, -0.15) is 0 Å². The molecule has 6 rings (SSSR count). The number of H-pyrrole nitrogens is 1. The third kappa shape index (κ3) is 5.43. The summed E-state index contributed by atoms with van der Waals surface area (Å²) in [5.41, 5.74) is 3.84. The number of tetrazole rings is 1. The Hall–Kier alpha value is -4.96. The summed E-state index contributed by atoms with van der Waals surface area (Å²) >= 11 is 0. The van der Waals surface area contributed by atoms with Gasteiger partial charge < -0.3 is 9.40 Å². The Morgan fingerprint density at radius 1 is 1.02 bits per heavy atom. The van der Waals surface area contributed by atoms with E-state index in [2.05, 4.69) is 30.4 Å². The van der Waals surface area contributed by atoms with Crippen molar-refractivity contribution in [3.63, 3.8) is 0 Å². The van der Waals surface area contributed by atoms with Crippen molar-refractivity contribution in [2.45, 2.75) is 32.6 Å². The summed E-state index contributed by atoms with van der Waals surface area (Å²) < 4.78 is 21.0. The van der Waals surface area contributed by atoms with Gasteiger partial charge in [0, 0.05) is 30.0 Å². The predicted molar refractivity (Wildman–Crippen MR) is 147 cm³/mol. The van der Waals surface area contributed by atoms with E-state index in [-0.39, 0.29) is 11.4 Å². The van der Waals surface area contributed by atoms with E-state index in [9.17, 15) is 9.18 Å². The maximum Gasteiger partial charge on any atom is 0.253 e. The van der Waals surface area contributed by atoms with Gasteiger partial charge in [-0.3, -0.25) is 14.7 Å². The van der Waals surface area contributed by atoms with Crippen LogP contribution in [0.25, 0.3) is 10.9 Å². The molecule has 2 aromatic carbocycles. The Bertz CT molecular complexity index is 1780.